The second kappa shape index (κ2) is 8.50. The van der Waals surface area contributed by atoms with E-state index in [0.717, 1.165) is 45.7 Å². The standard InChI is InChI=1S/C21H28N4O5/c26-25(27)30-19-15-29-20-18(14-28-21(19)20)24-12-10-22(11-13-24)7-3-8-23-9-6-16-4-1-2-5-17(16)23/h1-2,4-6,9,18-21H,3,7-8,10-15H2/t18-,19-,20+,21+/m0/s1. The Bertz CT molecular complexity index is 881. The van der Waals surface area contributed by atoms with Crippen molar-refractivity contribution in [3.63, 3.8) is 0 Å². The Morgan fingerprint density at radius 3 is 2.67 bits per heavy atom. The molecule has 0 radical (unpaired) electrons. The van der Waals surface area contributed by atoms with Crippen LogP contribution >= 0.6 is 0 Å². The number of rotatable bonds is 7. The van der Waals surface area contributed by atoms with Gasteiger partial charge in [-0.1, -0.05) is 18.2 Å². The van der Waals surface area contributed by atoms with Crippen LogP contribution in [0.25, 0.3) is 10.9 Å². The fourth-order valence-electron chi connectivity index (χ4n) is 5.08. The molecule has 0 amide bonds. The molecule has 3 aliphatic heterocycles. The zero-order chi connectivity index (χ0) is 20.5. The van der Waals surface area contributed by atoms with Crippen molar-refractivity contribution in [1.29, 1.82) is 0 Å². The molecule has 3 saturated heterocycles. The van der Waals surface area contributed by atoms with Crippen LogP contribution in [0.1, 0.15) is 6.42 Å². The Labute approximate surface area is 175 Å². The van der Waals surface area contributed by atoms with E-state index in [9.17, 15) is 10.1 Å². The highest BCUT2D eigenvalue weighted by molar-refractivity contribution is 5.79. The van der Waals surface area contributed by atoms with Crippen molar-refractivity contribution in [3.05, 3.63) is 46.6 Å². The zero-order valence-corrected chi connectivity index (χ0v) is 17.0. The van der Waals surface area contributed by atoms with E-state index in [4.69, 9.17) is 14.3 Å². The van der Waals surface area contributed by atoms with E-state index in [2.05, 4.69) is 50.9 Å². The highest BCUT2D eigenvalue weighted by atomic mass is 17.0. The lowest BCUT2D eigenvalue weighted by Crippen LogP contribution is -2.54. The fourth-order valence-corrected chi connectivity index (χ4v) is 5.08. The van der Waals surface area contributed by atoms with Gasteiger partial charge >= 0.3 is 0 Å². The van der Waals surface area contributed by atoms with Crippen LogP contribution in [0, 0.1) is 10.1 Å². The second-order valence-electron chi connectivity index (χ2n) is 8.33. The summed E-state index contributed by atoms with van der Waals surface area (Å²) in [6.45, 7) is 6.86. The van der Waals surface area contributed by atoms with Gasteiger partial charge in [0.1, 0.15) is 12.2 Å². The lowest BCUT2D eigenvalue weighted by Gasteiger charge is -2.38. The first-order valence-corrected chi connectivity index (χ1v) is 10.7. The Hall–Kier alpha value is -2.20. The van der Waals surface area contributed by atoms with E-state index in [1.807, 2.05) is 0 Å². The lowest BCUT2D eigenvalue weighted by molar-refractivity contribution is -0.769. The third-order valence-electron chi connectivity index (χ3n) is 6.63. The number of fused-ring (bicyclic) bond motifs is 2. The Morgan fingerprint density at radius 1 is 1.03 bits per heavy atom. The minimum atomic E-state index is -0.748. The van der Waals surface area contributed by atoms with E-state index in [-0.39, 0.29) is 24.9 Å². The Balaban J connectivity index is 1.07. The topological polar surface area (TPSA) is 82.2 Å². The van der Waals surface area contributed by atoms with Crippen molar-refractivity contribution >= 4 is 10.9 Å². The van der Waals surface area contributed by atoms with E-state index in [1.54, 1.807) is 0 Å². The molecule has 0 bridgehead atoms. The van der Waals surface area contributed by atoms with Crippen molar-refractivity contribution < 1.29 is 19.4 Å². The zero-order valence-electron chi connectivity index (χ0n) is 17.0. The monoisotopic (exact) mass is 416 g/mol. The number of para-hydroxylation sites is 1. The highest BCUT2D eigenvalue weighted by Gasteiger charge is 2.51. The number of piperazine rings is 1. The third-order valence-corrected chi connectivity index (χ3v) is 6.63. The molecule has 2 aromatic rings. The molecule has 0 saturated carbocycles. The molecule has 3 aliphatic rings. The predicted octanol–water partition coefficient (Wildman–Crippen LogP) is 1.39. The largest absolute Gasteiger partial charge is 0.371 e. The van der Waals surface area contributed by atoms with Crippen LogP contribution in [0.3, 0.4) is 0 Å². The summed E-state index contributed by atoms with van der Waals surface area (Å²) in [6.07, 6.45) is 2.22. The Morgan fingerprint density at radius 2 is 1.83 bits per heavy atom. The minimum absolute atomic E-state index is 0.136. The van der Waals surface area contributed by atoms with E-state index in [1.165, 1.54) is 10.9 Å². The smallest absolute Gasteiger partial charge is 0.294 e. The molecule has 0 N–H and O–H groups in total. The summed E-state index contributed by atoms with van der Waals surface area (Å²) >= 11 is 0. The molecule has 9 nitrogen and oxygen atoms in total. The fraction of sp³-hybridized carbons (Fsp3) is 0.619. The summed E-state index contributed by atoms with van der Waals surface area (Å²) in [5.41, 5.74) is 1.30. The predicted molar refractivity (Wildman–Crippen MR) is 110 cm³/mol. The summed E-state index contributed by atoms with van der Waals surface area (Å²) < 4.78 is 14.0. The average molecular weight is 416 g/mol. The molecular formula is C21H28N4O5. The first-order valence-electron chi connectivity index (χ1n) is 10.7. The van der Waals surface area contributed by atoms with Crippen LogP contribution in [0.4, 0.5) is 0 Å². The first kappa shape index (κ1) is 19.7. The Kier molecular flexibility index (Phi) is 5.60. The normalized spacial score (nSPS) is 30.0. The van der Waals surface area contributed by atoms with Gasteiger partial charge in [0.2, 0.25) is 0 Å². The molecule has 5 rings (SSSR count). The van der Waals surface area contributed by atoms with Gasteiger partial charge in [0.25, 0.3) is 5.09 Å². The van der Waals surface area contributed by atoms with Gasteiger partial charge in [0, 0.05) is 44.4 Å². The van der Waals surface area contributed by atoms with Gasteiger partial charge in [-0.05, 0) is 30.5 Å². The number of aromatic nitrogens is 1. The summed E-state index contributed by atoms with van der Waals surface area (Å²) in [5.74, 6) is 0. The van der Waals surface area contributed by atoms with Gasteiger partial charge in [-0.15, -0.1) is 10.1 Å². The van der Waals surface area contributed by atoms with Gasteiger partial charge < -0.3 is 23.8 Å². The number of benzene rings is 1. The summed E-state index contributed by atoms with van der Waals surface area (Å²) in [6, 6.07) is 10.8. The molecule has 1 aromatic heterocycles. The van der Waals surface area contributed by atoms with Crippen LogP contribution in [-0.4, -0.2) is 89.7 Å². The molecule has 1 aromatic carbocycles. The van der Waals surface area contributed by atoms with Gasteiger partial charge in [0.05, 0.1) is 19.3 Å². The maximum absolute atomic E-state index is 10.6. The van der Waals surface area contributed by atoms with E-state index < -0.39 is 11.2 Å². The number of ether oxygens (including phenoxy) is 2. The van der Waals surface area contributed by atoms with Gasteiger partial charge in [-0.3, -0.25) is 4.90 Å². The van der Waals surface area contributed by atoms with E-state index in [0.29, 0.717) is 6.61 Å². The maximum Gasteiger partial charge on any atom is 0.294 e. The lowest BCUT2D eigenvalue weighted by atomic mass is 10.1. The van der Waals surface area contributed by atoms with Gasteiger partial charge in [0.15, 0.2) is 6.10 Å². The van der Waals surface area contributed by atoms with Crippen molar-refractivity contribution in [2.45, 2.75) is 37.3 Å². The summed E-state index contributed by atoms with van der Waals surface area (Å²) in [4.78, 5) is 20.3. The molecule has 9 heteroatoms. The number of aryl methyl sites for hydroxylation is 1. The van der Waals surface area contributed by atoms with Gasteiger partial charge in [-0.25, -0.2) is 0 Å². The van der Waals surface area contributed by atoms with Crippen molar-refractivity contribution in [2.75, 3.05) is 45.9 Å². The molecule has 162 valence electrons. The SMILES string of the molecule is O=[N+]([O-])O[C@H]1CO[C@H]2[C@@H]1OC[C@@H]2N1CCN(CCCn2ccc3ccccc32)CC1. The maximum atomic E-state index is 10.6. The number of nitrogens with zero attached hydrogens (tertiary/aromatic N) is 4. The molecular weight excluding hydrogens is 388 g/mol. The molecule has 30 heavy (non-hydrogen) atoms. The molecule has 0 aliphatic carbocycles. The van der Waals surface area contributed by atoms with Crippen LogP contribution in [0.5, 0.6) is 0 Å². The van der Waals surface area contributed by atoms with Crippen LogP contribution in [0.2, 0.25) is 0 Å². The second-order valence-corrected chi connectivity index (χ2v) is 8.33. The van der Waals surface area contributed by atoms with Crippen molar-refractivity contribution in [3.8, 4) is 0 Å². The quantitative estimate of drug-likeness (QED) is 0.498. The van der Waals surface area contributed by atoms with E-state index >= 15 is 0 Å². The molecule has 4 heterocycles. The number of hydrogen-bond acceptors (Lipinski definition) is 7. The van der Waals surface area contributed by atoms with Crippen LogP contribution < -0.4 is 0 Å². The van der Waals surface area contributed by atoms with Crippen LogP contribution in [0.15, 0.2) is 36.5 Å². The van der Waals surface area contributed by atoms with Crippen LogP contribution in [-0.2, 0) is 20.9 Å². The third kappa shape index (κ3) is 3.90. The van der Waals surface area contributed by atoms with Gasteiger partial charge in [-0.2, -0.15) is 0 Å². The molecule has 3 fully saturated rings. The van der Waals surface area contributed by atoms with Crippen molar-refractivity contribution in [2.24, 2.45) is 0 Å². The average Bonchev–Trinajstić information content (AvgIpc) is 3.45. The number of hydrogen-bond donors (Lipinski definition) is 0. The highest BCUT2D eigenvalue weighted by Crippen LogP contribution is 2.32. The first-order chi connectivity index (χ1) is 14.7. The molecule has 4 atom stereocenters. The van der Waals surface area contributed by atoms with Crippen molar-refractivity contribution in [1.82, 2.24) is 14.4 Å². The molecule has 0 unspecified atom stereocenters. The molecule has 0 spiro atoms. The summed E-state index contributed by atoms with van der Waals surface area (Å²) in [7, 11) is 0. The minimum Gasteiger partial charge on any atom is -0.371 e. The summed E-state index contributed by atoms with van der Waals surface area (Å²) in [5, 5.41) is 11.2.